The van der Waals surface area contributed by atoms with Crippen molar-refractivity contribution < 1.29 is 22.7 Å². The number of halogens is 4. The second-order valence-electron chi connectivity index (χ2n) is 6.43. The first-order chi connectivity index (χ1) is 14.7. The Kier molecular flexibility index (Phi) is 6.47. The maximum atomic E-state index is 13.3. The lowest BCUT2D eigenvalue weighted by atomic mass is 10.1. The SMILES string of the molecule is COc1ccc(CC(=O)N(c2ccc(Cl)cc2)c2cc(C(F)(F)F)cnc2C#N)cc1. The van der Waals surface area contributed by atoms with E-state index in [1.807, 2.05) is 0 Å². The zero-order valence-electron chi connectivity index (χ0n) is 16.2. The van der Waals surface area contributed by atoms with Gasteiger partial charge in [0.2, 0.25) is 5.91 Å². The standard InChI is InChI=1S/C22H15ClF3N3O2/c1-31-18-8-2-14(3-9-18)10-21(30)29(17-6-4-16(23)5-7-17)20-11-15(22(24,25)26)13-28-19(20)12-27/h2-9,11,13H,10H2,1H3. The fourth-order valence-electron chi connectivity index (χ4n) is 2.87. The maximum Gasteiger partial charge on any atom is 0.417 e. The molecule has 1 heterocycles. The van der Waals surface area contributed by atoms with Crippen LogP contribution in [0.25, 0.3) is 0 Å². The molecule has 0 saturated heterocycles. The number of aromatic nitrogens is 1. The molecule has 0 N–H and O–H groups in total. The number of ether oxygens (including phenoxy) is 1. The van der Waals surface area contributed by atoms with Crippen LogP contribution in [-0.4, -0.2) is 18.0 Å². The van der Waals surface area contributed by atoms with Crippen molar-refractivity contribution in [2.45, 2.75) is 12.6 Å². The molecule has 0 saturated carbocycles. The van der Waals surface area contributed by atoms with Crippen LogP contribution in [0, 0.1) is 11.3 Å². The molecule has 0 aliphatic carbocycles. The van der Waals surface area contributed by atoms with Gasteiger partial charge in [-0.3, -0.25) is 9.69 Å². The number of methoxy groups -OCH3 is 1. The number of amides is 1. The Balaban J connectivity index is 2.09. The molecule has 3 rings (SSSR count). The molecule has 1 aromatic heterocycles. The number of hydrogen-bond donors (Lipinski definition) is 0. The molecule has 1 amide bonds. The summed E-state index contributed by atoms with van der Waals surface area (Å²) in [4.78, 5) is 17.9. The van der Waals surface area contributed by atoms with Gasteiger partial charge in [-0.2, -0.15) is 18.4 Å². The first-order valence-electron chi connectivity index (χ1n) is 8.91. The number of carbonyl (C=O) groups is 1. The molecular formula is C22H15ClF3N3O2. The second kappa shape index (κ2) is 9.06. The van der Waals surface area contributed by atoms with E-state index in [9.17, 15) is 23.2 Å². The lowest BCUT2D eigenvalue weighted by molar-refractivity contribution is -0.137. The van der Waals surface area contributed by atoms with Crippen molar-refractivity contribution >= 4 is 28.9 Å². The number of nitriles is 1. The van der Waals surface area contributed by atoms with Crippen molar-refractivity contribution in [3.63, 3.8) is 0 Å². The molecule has 0 spiro atoms. The minimum Gasteiger partial charge on any atom is -0.497 e. The van der Waals surface area contributed by atoms with Gasteiger partial charge in [0.1, 0.15) is 11.8 Å². The van der Waals surface area contributed by atoms with Crippen LogP contribution in [0.3, 0.4) is 0 Å². The monoisotopic (exact) mass is 445 g/mol. The highest BCUT2D eigenvalue weighted by atomic mass is 35.5. The highest BCUT2D eigenvalue weighted by molar-refractivity contribution is 6.30. The Morgan fingerprint density at radius 3 is 2.35 bits per heavy atom. The van der Waals surface area contributed by atoms with Crippen molar-refractivity contribution in [3.8, 4) is 11.8 Å². The Morgan fingerprint density at radius 2 is 1.81 bits per heavy atom. The molecule has 0 fully saturated rings. The van der Waals surface area contributed by atoms with Crippen LogP contribution in [-0.2, 0) is 17.4 Å². The fourth-order valence-corrected chi connectivity index (χ4v) is 3.00. The van der Waals surface area contributed by atoms with E-state index in [4.69, 9.17) is 16.3 Å². The third-order valence-corrected chi connectivity index (χ3v) is 4.64. The smallest absolute Gasteiger partial charge is 0.417 e. The minimum absolute atomic E-state index is 0.131. The summed E-state index contributed by atoms with van der Waals surface area (Å²) in [5.41, 5.74) is -0.786. The predicted octanol–water partition coefficient (Wildman–Crippen LogP) is 5.54. The van der Waals surface area contributed by atoms with Crippen LogP contribution in [0.1, 0.15) is 16.8 Å². The van der Waals surface area contributed by atoms with E-state index in [2.05, 4.69) is 4.98 Å². The number of rotatable bonds is 5. The van der Waals surface area contributed by atoms with Crippen LogP contribution in [0.2, 0.25) is 5.02 Å². The molecule has 0 aliphatic heterocycles. The van der Waals surface area contributed by atoms with E-state index < -0.39 is 17.6 Å². The summed E-state index contributed by atoms with van der Waals surface area (Å²) >= 11 is 5.92. The van der Waals surface area contributed by atoms with Crippen LogP contribution in [0.5, 0.6) is 5.75 Å². The van der Waals surface area contributed by atoms with Gasteiger partial charge in [0.15, 0.2) is 5.69 Å². The number of anilines is 2. The normalized spacial score (nSPS) is 11.0. The van der Waals surface area contributed by atoms with Gasteiger partial charge in [-0.1, -0.05) is 23.7 Å². The largest absolute Gasteiger partial charge is 0.497 e. The Morgan fingerprint density at radius 1 is 1.16 bits per heavy atom. The summed E-state index contributed by atoms with van der Waals surface area (Å²) in [7, 11) is 1.51. The van der Waals surface area contributed by atoms with Crippen molar-refractivity contribution in [1.29, 1.82) is 5.26 Å². The number of nitrogens with zero attached hydrogens (tertiary/aromatic N) is 3. The fraction of sp³-hybridized carbons (Fsp3) is 0.136. The van der Waals surface area contributed by atoms with E-state index in [-0.39, 0.29) is 23.5 Å². The average molecular weight is 446 g/mol. The van der Waals surface area contributed by atoms with Crippen molar-refractivity contribution in [2.75, 3.05) is 12.0 Å². The minimum atomic E-state index is -4.69. The van der Waals surface area contributed by atoms with Gasteiger partial charge >= 0.3 is 6.18 Å². The molecule has 9 heteroatoms. The lowest BCUT2D eigenvalue weighted by Gasteiger charge is -2.24. The van der Waals surface area contributed by atoms with Crippen LogP contribution < -0.4 is 9.64 Å². The zero-order valence-corrected chi connectivity index (χ0v) is 16.9. The molecule has 158 valence electrons. The van der Waals surface area contributed by atoms with E-state index in [0.29, 0.717) is 22.5 Å². The molecule has 2 aromatic carbocycles. The molecule has 0 atom stereocenters. The number of alkyl halides is 3. The summed E-state index contributed by atoms with van der Waals surface area (Å²) in [5, 5.41) is 9.80. The number of benzene rings is 2. The molecule has 0 radical (unpaired) electrons. The molecule has 5 nitrogen and oxygen atoms in total. The predicted molar refractivity (Wildman–Crippen MR) is 109 cm³/mol. The Hall–Kier alpha value is -3.57. The summed E-state index contributed by atoms with van der Waals surface area (Å²) in [6, 6.07) is 15.1. The van der Waals surface area contributed by atoms with Gasteiger partial charge < -0.3 is 4.74 Å². The van der Waals surface area contributed by atoms with E-state index in [1.54, 1.807) is 30.3 Å². The summed E-state index contributed by atoms with van der Waals surface area (Å²) in [6.07, 6.45) is -4.26. The molecule has 31 heavy (non-hydrogen) atoms. The zero-order chi connectivity index (χ0) is 22.6. The van der Waals surface area contributed by atoms with Crippen LogP contribution >= 0.6 is 11.6 Å². The van der Waals surface area contributed by atoms with E-state index in [1.165, 1.54) is 31.4 Å². The van der Waals surface area contributed by atoms with Crippen molar-refractivity contribution in [3.05, 3.63) is 82.6 Å². The van der Waals surface area contributed by atoms with E-state index in [0.717, 1.165) is 11.0 Å². The van der Waals surface area contributed by atoms with Crippen molar-refractivity contribution in [1.82, 2.24) is 4.98 Å². The molecular weight excluding hydrogens is 431 g/mol. The highest BCUT2D eigenvalue weighted by Crippen LogP contribution is 2.35. The summed E-state index contributed by atoms with van der Waals surface area (Å²) in [5.74, 6) is 0.0460. The van der Waals surface area contributed by atoms with Gasteiger partial charge in [-0.25, -0.2) is 4.98 Å². The van der Waals surface area contributed by atoms with Gasteiger partial charge in [-0.15, -0.1) is 0 Å². The van der Waals surface area contributed by atoms with Gasteiger partial charge in [0, 0.05) is 16.9 Å². The molecule has 0 aliphatic rings. The van der Waals surface area contributed by atoms with Gasteiger partial charge in [0.25, 0.3) is 0 Å². The van der Waals surface area contributed by atoms with E-state index >= 15 is 0 Å². The number of pyridine rings is 1. The van der Waals surface area contributed by atoms with Gasteiger partial charge in [0.05, 0.1) is 24.8 Å². The van der Waals surface area contributed by atoms with Crippen LogP contribution in [0.15, 0.2) is 60.8 Å². The molecule has 0 bridgehead atoms. The maximum absolute atomic E-state index is 13.3. The lowest BCUT2D eigenvalue weighted by Crippen LogP contribution is -2.29. The first kappa shape index (κ1) is 22.1. The average Bonchev–Trinajstić information content (AvgIpc) is 2.75. The molecule has 3 aromatic rings. The topological polar surface area (TPSA) is 66.2 Å². The quantitative estimate of drug-likeness (QED) is 0.517. The third kappa shape index (κ3) is 5.13. The Bertz CT molecular complexity index is 1120. The number of hydrogen-bond acceptors (Lipinski definition) is 4. The summed E-state index contributed by atoms with van der Waals surface area (Å²) in [6.45, 7) is 0. The third-order valence-electron chi connectivity index (χ3n) is 4.39. The first-order valence-corrected chi connectivity index (χ1v) is 9.29. The number of carbonyl (C=O) groups excluding carboxylic acids is 1. The van der Waals surface area contributed by atoms with Crippen LogP contribution in [0.4, 0.5) is 24.5 Å². The highest BCUT2D eigenvalue weighted by Gasteiger charge is 2.33. The Labute approximate surface area is 181 Å². The summed E-state index contributed by atoms with van der Waals surface area (Å²) < 4.78 is 44.9. The van der Waals surface area contributed by atoms with Gasteiger partial charge in [-0.05, 0) is 48.0 Å². The van der Waals surface area contributed by atoms with Crippen molar-refractivity contribution in [2.24, 2.45) is 0 Å². The molecule has 0 unspecified atom stereocenters. The second-order valence-corrected chi connectivity index (χ2v) is 6.87.